The van der Waals surface area contributed by atoms with Crippen molar-refractivity contribution in [2.45, 2.75) is 361 Å². The topological polar surface area (TPSA) is 78.9 Å². The van der Waals surface area contributed by atoms with E-state index in [1.165, 1.54) is 199 Å². The van der Waals surface area contributed by atoms with Crippen molar-refractivity contribution in [3.63, 3.8) is 0 Å². The zero-order valence-corrected chi connectivity index (χ0v) is 54.9. The van der Waals surface area contributed by atoms with Crippen LogP contribution >= 0.6 is 0 Å². The van der Waals surface area contributed by atoms with Crippen molar-refractivity contribution in [3.05, 3.63) is 97.2 Å². The Kier molecular flexibility index (Phi) is 67.7. The number of ether oxygens (including phenoxy) is 3. The fraction of sp³-hybridized carbons (Fsp3) is 0.753. The molecule has 0 aromatic carbocycles. The molecule has 83 heavy (non-hydrogen) atoms. The molecule has 0 aliphatic rings. The van der Waals surface area contributed by atoms with Crippen molar-refractivity contribution in [1.29, 1.82) is 0 Å². The lowest BCUT2D eigenvalue weighted by Gasteiger charge is -2.18. The maximum Gasteiger partial charge on any atom is 0.306 e. The molecule has 0 radical (unpaired) electrons. The van der Waals surface area contributed by atoms with Crippen LogP contribution in [0.3, 0.4) is 0 Å². The molecule has 0 bridgehead atoms. The highest BCUT2D eigenvalue weighted by atomic mass is 16.6. The molecule has 6 nitrogen and oxygen atoms in total. The monoisotopic (exact) mass is 1160 g/mol. The maximum atomic E-state index is 13.0. The van der Waals surface area contributed by atoms with E-state index < -0.39 is 6.10 Å². The van der Waals surface area contributed by atoms with Gasteiger partial charge in [-0.3, -0.25) is 14.4 Å². The fourth-order valence-corrected chi connectivity index (χ4v) is 10.3. The van der Waals surface area contributed by atoms with Gasteiger partial charge in [-0.05, 0) is 96.3 Å². The van der Waals surface area contributed by atoms with Crippen molar-refractivity contribution < 1.29 is 28.6 Å². The first-order chi connectivity index (χ1) is 41.0. The van der Waals surface area contributed by atoms with Gasteiger partial charge in [0.15, 0.2) is 6.10 Å². The summed E-state index contributed by atoms with van der Waals surface area (Å²) < 4.78 is 17.0. The van der Waals surface area contributed by atoms with E-state index in [0.29, 0.717) is 19.3 Å². The second-order valence-corrected chi connectivity index (χ2v) is 23.7. The van der Waals surface area contributed by atoms with Crippen LogP contribution in [0.2, 0.25) is 0 Å². The second kappa shape index (κ2) is 70.8. The van der Waals surface area contributed by atoms with E-state index in [1.807, 2.05) is 0 Å². The Labute approximate surface area is 515 Å². The summed E-state index contributed by atoms with van der Waals surface area (Å²) in [5, 5.41) is 0. The SMILES string of the molecule is CC/C=C\C/C=C\C/C=C\C/C=C\CCCCCCCCCCCCCCCCCCC(=O)OCC(COC(=O)CCCCCCCCCCCCCCCCC)OC(=O)CCCCCCCCCC/C=C\C/C=C\C/C=C\C/C=C\CC. The number of allylic oxidation sites excluding steroid dienone is 16. The Balaban J connectivity index is 4.28. The molecule has 0 aliphatic heterocycles. The fourth-order valence-electron chi connectivity index (χ4n) is 10.3. The first-order valence-electron chi connectivity index (χ1n) is 35.7. The summed E-state index contributed by atoms with van der Waals surface area (Å²) in [5.41, 5.74) is 0. The Bertz CT molecular complexity index is 1610. The maximum absolute atomic E-state index is 13.0. The van der Waals surface area contributed by atoms with Crippen molar-refractivity contribution in [2.75, 3.05) is 13.2 Å². The van der Waals surface area contributed by atoms with Gasteiger partial charge in [0, 0.05) is 19.3 Å². The Morgan fingerprint density at radius 1 is 0.253 bits per heavy atom. The van der Waals surface area contributed by atoms with Gasteiger partial charge < -0.3 is 14.2 Å². The molecule has 0 N–H and O–H groups in total. The molecule has 1 atom stereocenters. The van der Waals surface area contributed by atoms with Gasteiger partial charge >= 0.3 is 17.9 Å². The van der Waals surface area contributed by atoms with Gasteiger partial charge in [-0.15, -0.1) is 0 Å². The van der Waals surface area contributed by atoms with Gasteiger partial charge in [0.2, 0.25) is 0 Å². The zero-order chi connectivity index (χ0) is 59.9. The van der Waals surface area contributed by atoms with E-state index >= 15 is 0 Å². The quantitative estimate of drug-likeness (QED) is 0.0261. The minimum Gasteiger partial charge on any atom is -0.462 e. The van der Waals surface area contributed by atoms with E-state index in [-0.39, 0.29) is 31.1 Å². The van der Waals surface area contributed by atoms with Crippen LogP contribution in [0.4, 0.5) is 0 Å². The summed E-state index contributed by atoms with van der Waals surface area (Å²) in [6, 6.07) is 0. The van der Waals surface area contributed by atoms with Crippen LogP contribution in [-0.2, 0) is 28.6 Å². The second-order valence-electron chi connectivity index (χ2n) is 23.7. The molecule has 0 aromatic rings. The Morgan fingerprint density at radius 3 is 0.735 bits per heavy atom. The third-order valence-corrected chi connectivity index (χ3v) is 15.6. The number of hydrogen-bond acceptors (Lipinski definition) is 6. The normalized spacial score (nSPS) is 12.7. The number of hydrogen-bond donors (Lipinski definition) is 0. The summed E-state index contributed by atoms with van der Waals surface area (Å²) >= 11 is 0. The van der Waals surface area contributed by atoms with E-state index in [1.54, 1.807) is 0 Å². The number of esters is 3. The average molecular weight is 1160 g/mol. The van der Waals surface area contributed by atoms with E-state index in [2.05, 4.69) is 118 Å². The lowest BCUT2D eigenvalue weighted by Crippen LogP contribution is -2.30. The van der Waals surface area contributed by atoms with Crippen molar-refractivity contribution in [2.24, 2.45) is 0 Å². The summed E-state index contributed by atoms with van der Waals surface area (Å²) in [6.07, 6.45) is 95.7. The van der Waals surface area contributed by atoms with Crippen LogP contribution in [0, 0.1) is 0 Å². The predicted octanol–water partition coefficient (Wildman–Crippen LogP) is 24.8. The third-order valence-electron chi connectivity index (χ3n) is 15.6. The van der Waals surface area contributed by atoms with Crippen LogP contribution in [0.1, 0.15) is 355 Å². The molecule has 1 unspecified atom stereocenters. The Hall–Kier alpha value is -3.67. The molecule has 0 aromatic heterocycles. The van der Waals surface area contributed by atoms with Crippen molar-refractivity contribution >= 4 is 17.9 Å². The van der Waals surface area contributed by atoms with E-state index in [4.69, 9.17) is 14.2 Å². The van der Waals surface area contributed by atoms with Crippen molar-refractivity contribution in [1.82, 2.24) is 0 Å². The Morgan fingerprint density at radius 2 is 0.470 bits per heavy atom. The van der Waals surface area contributed by atoms with Crippen LogP contribution in [-0.4, -0.2) is 37.2 Å². The van der Waals surface area contributed by atoms with Gasteiger partial charge in [-0.25, -0.2) is 0 Å². The molecule has 0 fully saturated rings. The summed E-state index contributed by atoms with van der Waals surface area (Å²) in [6.45, 7) is 6.46. The lowest BCUT2D eigenvalue weighted by atomic mass is 10.0. The van der Waals surface area contributed by atoms with E-state index in [9.17, 15) is 14.4 Å². The molecular weight excluding hydrogens is 1020 g/mol. The smallest absolute Gasteiger partial charge is 0.306 e. The first kappa shape index (κ1) is 79.3. The molecule has 0 amide bonds. The highest BCUT2D eigenvalue weighted by molar-refractivity contribution is 5.71. The van der Waals surface area contributed by atoms with Crippen LogP contribution < -0.4 is 0 Å². The number of unbranched alkanes of at least 4 members (excludes halogenated alkanes) is 38. The molecular formula is C77H134O6. The molecule has 0 aliphatic carbocycles. The van der Waals surface area contributed by atoms with Gasteiger partial charge in [0.25, 0.3) is 0 Å². The van der Waals surface area contributed by atoms with Gasteiger partial charge in [0.05, 0.1) is 0 Å². The number of rotatable bonds is 65. The van der Waals surface area contributed by atoms with Gasteiger partial charge in [-0.2, -0.15) is 0 Å². The molecule has 0 saturated carbocycles. The van der Waals surface area contributed by atoms with Crippen LogP contribution in [0.25, 0.3) is 0 Å². The summed E-state index contributed by atoms with van der Waals surface area (Å²) in [4.78, 5) is 38.5. The highest BCUT2D eigenvalue weighted by Gasteiger charge is 2.19. The molecule has 0 rings (SSSR count). The highest BCUT2D eigenvalue weighted by Crippen LogP contribution is 2.18. The summed E-state index contributed by atoms with van der Waals surface area (Å²) in [7, 11) is 0. The molecule has 0 saturated heterocycles. The number of carbonyl (C=O) groups excluding carboxylic acids is 3. The average Bonchev–Trinajstić information content (AvgIpc) is 3.49. The standard InChI is InChI=1S/C77H134O6/c1-4-7-10-13-16-19-22-25-28-30-32-34-35-36-37-38-39-40-41-43-44-46-49-52-55-58-61-64-67-70-76(79)82-73-74(72-81-75(78)69-66-63-60-57-54-51-48-27-24-21-18-15-12-9-6-3)83-77(80)71-68-65-62-59-56-53-50-47-45-42-33-31-29-26-23-20-17-14-11-8-5-2/h7-8,10-11,16-17,19-20,25-26,28-29,32-34,42,74H,4-6,9,12-15,18,21-24,27,30-31,35-41,43-73H2,1-3H3/b10-7-,11-8-,19-16-,20-17-,28-25-,29-26-,34-32-,42-33-. The summed E-state index contributed by atoms with van der Waals surface area (Å²) in [5.74, 6) is -0.864. The number of carbonyl (C=O) groups is 3. The largest absolute Gasteiger partial charge is 0.462 e. The zero-order valence-electron chi connectivity index (χ0n) is 54.9. The molecule has 478 valence electrons. The van der Waals surface area contributed by atoms with Crippen LogP contribution in [0.5, 0.6) is 0 Å². The molecule has 0 spiro atoms. The van der Waals surface area contributed by atoms with Gasteiger partial charge in [0.1, 0.15) is 13.2 Å². The third kappa shape index (κ3) is 69.0. The van der Waals surface area contributed by atoms with E-state index in [0.717, 1.165) is 116 Å². The molecule has 6 heteroatoms. The molecule has 0 heterocycles. The first-order valence-corrected chi connectivity index (χ1v) is 35.7. The van der Waals surface area contributed by atoms with Crippen LogP contribution in [0.15, 0.2) is 97.2 Å². The lowest BCUT2D eigenvalue weighted by molar-refractivity contribution is -0.167. The van der Waals surface area contributed by atoms with Gasteiger partial charge in [-0.1, -0.05) is 336 Å². The minimum absolute atomic E-state index is 0.0759. The minimum atomic E-state index is -0.782. The van der Waals surface area contributed by atoms with Crippen molar-refractivity contribution in [3.8, 4) is 0 Å². The predicted molar refractivity (Wildman–Crippen MR) is 362 cm³/mol.